The summed E-state index contributed by atoms with van der Waals surface area (Å²) in [5.41, 5.74) is 1.11. The molecule has 1 aliphatic rings. The first-order valence-corrected chi connectivity index (χ1v) is 5.46. The van der Waals surface area contributed by atoms with Crippen molar-refractivity contribution in [3.05, 3.63) is 29.8 Å². The van der Waals surface area contributed by atoms with E-state index < -0.39 is 12.3 Å². The molecule has 1 saturated heterocycles. The molecule has 1 heterocycles. The first kappa shape index (κ1) is 12.2. The van der Waals surface area contributed by atoms with Crippen LogP contribution in [0.1, 0.15) is 18.4 Å². The minimum absolute atomic E-state index is 0.117. The summed E-state index contributed by atoms with van der Waals surface area (Å²) in [6, 6.07) is 6.60. The molecular formula is C12H14F3NO. The van der Waals surface area contributed by atoms with Crippen molar-refractivity contribution in [2.75, 3.05) is 13.1 Å². The maximum absolute atomic E-state index is 13.3. The molecule has 0 spiro atoms. The van der Waals surface area contributed by atoms with Crippen LogP contribution in [0.5, 0.6) is 5.75 Å². The zero-order valence-corrected chi connectivity index (χ0v) is 9.42. The summed E-state index contributed by atoms with van der Waals surface area (Å²) >= 11 is 0. The standard InChI is InChI=1S/C12H14F3NO/c1-12(15,11(13)14)17-10-4-2-8(3-5-10)9-6-16-7-9/h2-5,9,11,16H,6-7H2,1H3. The van der Waals surface area contributed by atoms with Crippen molar-refractivity contribution < 1.29 is 17.9 Å². The highest BCUT2D eigenvalue weighted by molar-refractivity contribution is 5.31. The van der Waals surface area contributed by atoms with Gasteiger partial charge in [0.05, 0.1) is 0 Å². The van der Waals surface area contributed by atoms with E-state index in [4.69, 9.17) is 0 Å². The predicted octanol–water partition coefficient (Wildman–Crippen LogP) is 2.70. The van der Waals surface area contributed by atoms with Gasteiger partial charge in [-0.15, -0.1) is 0 Å². The van der Waals surface area contributed by atoms with E-state index in [1.165, 1.54) is 12.1 Å². The molecule has 5 heteroatoms. The van der Waals surface area contributed by atoms with Gasteiger partial charge in [-0.1, -0.05) is 12.1 Å². The lowest BCUT2D eigenvalue weighted by Crippen LogP contribution is -2.39. The van der Waals surface area contributed by atoms with Crippen LogP contribution in [-0.2, 0) is 0 Å². The third kappa shape index (κ3) is 2.72. The van der Waals surface area contributed by atoms with Crippen molar-refractivity contribution in [1.29, 1.82) is 0 Å². The van der Waals surface area contributed by atoms with Gasteiger partial charge in [-0.05, 0) is 17.7 Å². The lowest BCUT2D eigenvalue weighted by atomic mass is 9.94. The van der Waals surface area contributed by atoms with E-state index in [1.807, 2.05) is 0 Å². The van der Waals surface area contributed by atoms with Crippen molar-refractivity contribution in [3.8, 4) is 5.75 Å². The van der Waals surface area contributed by atoms with E-state index in [0.29, 0.717) is 5.92 Å². The number of rotatable bonds is 4. The molecule has 17 heavy (non-hydrogen) atoms. The molecule has 0 bridgehead atoms. The molecular weight excluding hydrogens is 231 g/mol. The quantitative estimate of drug-likeness (QED) is 0.880. The number of hydrogen-bond donors (Lipinski definition) is 1. The van der Waals surface area contributed by atoms with Crippen molar-refractivity contribution in [3.63, 3.8) is 0 Å². The highest BCUT2D eigenvalue weighted by atomic mass is 19.3. The maximum Gasteiger partial charge on any atom is 0.306 e. The second kappa shape index (κ2) is 4.56. The molecule has 1 fully saturated rings. The number of halogens is 3. The van der Waals surface area contributed by atoms with Gasteiger partial charge in [-0.25, -0.2) is 8.78 Å². The Balaban J connectivity index is 2.02. The van der Waals surface area contributed by atoms with Gasteiger partial charge in [0.25, 0.3) is 0 Å². The summed E-state index contributed by atoms with van der Waals surface area (Å²) in [4.78, 5) is 0. The first-order chi connectivity index (χ1) is 7.99. The molecule has 0 amide bonds. The average Bonchev–Trinajstić information content (AvgIpc) is 2.17. The Morgan fingerprint density at radius 3 is 2.29 bits per heavy atom. The van der Waals surface area contributed by atoms with Crippen molar-refractivity contribution in [1.82, 2.24) is 5.32 Å². The molecule has 2 nitrogen and oxygen atoms in total. The Kier molecular flexibility index (Phi) is 3.28. The van der Waals surface area contributed by atoms with E-state index >= 15 is 0 Å². The van der Waals surface area contributed by atoms with Crippen LogP contribution in [-0.4, -0.2) is 25.4 Å². The molecule has 0 saturated carbocycles. The molecule has 0 aromatic heterocycles. The Hall–Kier alpha value is -1.23. The summed E-state index contributed by atoms with van der Waals surface area (Å²) in [6.45, 7) is 2.55. The van der Waals surface area contributed by atoms with Crippen molar-refractivity contribution in [2.45, 2.75) is 25.1 Å². The Morgan fingerprint density at radius 2 is 1.88 bits per heavy atom. The summed E-state index contributed by atoms with van der Waals surface area (Å²) in [6.07, 6.45) is -3.17. The minimum atomic E-state index is -3.17. The van der Waals surface area contributed by atoms with E-state index in [0.717, 1.165) is 25.6 Å². The van der Waals surface area contributed by atoms with E-state index in [2.05, 4.69) is 10.1 Å². The minimum Gasteiger partial charge on any atom is -0.453 e. The molecule has 1 aromatic rings. The molecule has 0 aliphatic carbocycles. The predicted molar refractivity (Wildman–Crippen MR) is 58.2 cm³/mol. The topological polar surface area (TPSA) is 21.3 Å². The summed E-state index contributed by atoms with van der Waals surface area (Å²) in [7, 11) is 0. The summed E-state index contributed by atoms with van der Waals surface area (Å²) < 4.78 is 42.4. The molecule has 1 unspecified atom stereocenters. The lowest BCUT2D eigenvalue weighted by molar-refractivity contribution is -0.152. The number of ether oxygens (including phenoxy) is 1. The lowest BCUT2D eigenvalue weighted by Gasteiger charge is -2.28. The molecule has 94 valence electrons. The van der Waals surface area contributed by atoms with Crippen LogP contribution in [0.2, 0.25) is 0 Å². The first-order valence-electron chi connectivity index (χ1n) is 5.46. The number of alkyl halides is 3. The monoisotopic (exact) mass is 245 g/mol. The molecule has 0 radical (unpaired) electrons. The molecule has 1 aromatic carbocycles. The third-order valence-corrected chi connectivity index (χ3v) is 2.84. The van der Waals surface area contributed by atoms with Gasteiger partial charge < -0.3 is 10.1 Å². The molecule has 1 N–H and O–H groups in total. The molecule has 2 rings (SSSR count). The SMILES string of the molecule is CC(F)(Oc1ccc(C2CNC2)cc1)C(F)F. The van der Waals surface area contributed by atoms with Gasteiger partial charge in [-0.3, -0.25) is 0 Å². The van der Waals surface area contributed by atoms with Crippen LogP contribution in [0, 0.1) is 0 Å². The zero-order valence-electron chi connectivity index (χ0n) is 9.42. The van der Waals surface area contributed by atoms with Gasteiger partial charge in [0, 0.05) is 25.9 Å². The van der Waals surface area contributed by atoms with Crippen LogP contribution in [0.4, 0.5) is 13.2 Å². The molecule has 1 atom stereocenters. The second-order valence-corrected chi connectivity index (χ2v) is 4.31. The average molecular weight is 245 g/mol. The van der Waals surface area contributed by atoms with E-state index in [1.54, 1.807) is 12.1 Å². The van der Waals surface area contributed by atoms with Crippen LogP contribution < -0.4 is 10.1 Å². The van der Waals surface area contributed by atoms with Gasteiger partial charge in [0.1, 0.15) is 5.75 Å². The van der Waals surface area contributed by atoms with Crippen LogP contribution >= 0.6 is 0 Å². The fourth-order valence-electron chi connectivity index (χ4n) is 1.61. The van der Waals surface area contributed by atoms with Gasteiger partial charge in [-0.2, -0.15) is 4.39 Å². The third-order valence-electron chi connectivity index (χ3n) is 2.84. The maximum atomic E-state index is 13.3. The number of hydrogen-bond acceptors (Lipinski definition) is 2. The summed E-state index contributed by atoms with van der Waals surface area (Å²) in [5.74, 6) is -2.37. The van der Waals surface area contributed by atoms with Gasteiger partial charge in [0.2, 0.25) is 0 Å². The number of benzene rings is 1. The van der Waals surface area contributed by atoms with E-state index in [-0.39, 0.29) is 5.75 Å². The second-order valence-electron chi connectivity index (χ2n) is 4.31. The Morgan fingerprint density at radius 1 is 1.29 bits per heavy atom. The fourth-order valence-corrected chi connectivity index (χ4v) is 1.61. The van der Waals surface area contributed by atoms with Crippen LogP contribution in [0.25, 0.3) is 0 Å². The van der Waals surface area contributed by atoms with Gasteiger partial charge in [0.15, 0.2) is 0 Å². The molecule has 1 aliphatic heterocycles. The normalized spacial score (nSPS) is 19.8. The van der Waals surface area contributed by atoms with Crippen molar-refractivity contribution >= 4 is 0 Å². The fraction of sp³-hybridized carbons (Fsp3) is 0.500. The Labute approximate surface area is 97.8 Å². The van der Waals surface area contributed by atoms with Crippen molar-refractivity contribution in [2.24, 2.45) is 0 Å². The van der Waals surface area contributed by atoms with E-state index in [9.17, 15) is 13.2 Å². The smallest absolute Gasteiger partial charge is 0.306 e. The number of nitrogens with one attached hydrogen (secondary N) is 1. The highest BCUT2D eigenvalue weighted by Crippen LogP contribution is 2.27. The van der Waals surface area contributed by atoms with Crippen LogP contribution in [0.15, 0.2) is 24.3 Å². The largest absolute Gasteiger partial charge is 0.453 e. The zero-order chi connectivity index (χ0) is 12.5. The highest BCUT2D eigenvalue weighted by Gasteiger charge is 2.37. The van der Waals surface area contributed by atoms with Gasteiger partial charge >= 0.3 is 12.3 Å². The van der Waals surface area contributed by atoms with Crippen LogP contribution in [0.3, 0.4) is 0 Å². The summed E-state index contributed by atoms with van der Waals surface area (Å²) in [5, 5.41) is 3.14. The Bertz CT molecular complexity index is 374.